The number of aromatic nitrogens is 3. The van der Waals surface area contributed by atoms with Gasteiger partial charge in [-0.05, 0) is 17.5 Å². The third-order valence-corrected chi connectivity index (χ3v) is 6.31. The van der Waals surface area contributed by atoms with Gasteiger partial charge in [0.2, 0.25) is 0 Å². The standard InChI is InChI=1S/C18H20N4O3S/c1-21-10-14-15(20-21)13(23)9-18(25-14)3-5-22(6-4-18)17(24)12-8-11-2-7-26-16(11)19-12/h2,7-8,10,13,19,23H,3-6,9H2,1H3. The van der Waals surface area contributed by atoms with Gasteiger partial charge in [0, 0.05) is 44.8 Å². The van der Waals surface area contributed by atoms with E-state index < -0.39 is 11.7 Å². The van der Waals surface area contributed by atoms with Crippen LogP contribution in [0.3, 0.4) is 0 Å². The lowest BCUT2D eigenvalue weighted by molar-refractivity contribution is -0.0505. The molecule has 5 heterocycles. The Morgan fingerprint density at radius 1 is 1.46 bits per heavy atom. The summed E-state index contributed by atoms with van der Waals surface area (Å²) in [7, 11) is 1.82. The molecule has 3 aromatic heterocycles. The molecular formula is C18H20N4O3S. The minimum Gasteiger partial charge on any atom is -0.483 e. The number of amides is 1. The highest BCUT2D eigenvalue weighted by atomic mass is 32.1. The molecule has 0 saturated carbocycles. The molecule has 2 aliphatic rings. The summed E-state index contributed by atoms with van der Waals surface area (Å²) < 4.78 is 7.90. The van der Waals surface area contributed by atoms with Crippen LogP contribution in [0.25, 0.3) is 10.2 Å². The molecule has 5 rings (SSSR count). The van der Waals surface area contributed by atoms with Crippen molar-refractivity contribution in [2.24, 2.45) is 7.05 Å². The summed E-state index contributed by atoms with van der Waals surface area (Å²) in [6.07, 6.45) is 3.13. The first kappa shape index (κ1) is 15.9. The number of piperidine rings is 1. The van der Waals surface area contributed by atoms with Crippen molar-refractivity contribution in [2.45, 2.75) is 31.0 Å². The molecule has 1 unspecified atom stereocenters. The van der Waals surface area contributed by atoms with Crippen molar-refractivity contribution in [3.05, 3.63) is 35.1 Å². The molecule has 0 aromatic carbocycles. The largest absolute Gasteiger partial charge is 0.483 e. The molecule has 0 bridgehead atoms. The number of aryl methyl sites for hydroxylation is 1. The van der Waals surface area contributed by atoms with Crippen LogP contribution in [0, 0.1) is 0 Å². The van der Waals surface area contributed by atoms with Crippen LogP contribution in [0.1, 0.15) is 41.5 Å². The Kier molecular flexibility index (Phi) is 3.42. The van der Waals surface area contributed by atoms with Crippen molar-refractivity contribution in [1.82, 2.24) is 19.7 Å². The van der Waals surface area contributed by atoms with Crippen molar-refractivity contribution in [3.63, 3.8) is 0 Å². The Balaban J connectivity index is 1.31. The maximum absolute atomic E-state index is 12.8. The number of hydrogen-bond donors (Lipinski definition) is 2. The average Bonchev–Trinajstić information content (AvgIpc) is 3.28. The lowest BCUT2D eigenvalue weighted by Crippen LogP contribution is -2.51. The van der Waals surface area contributed by atoms with Crippen molar-refractivity contribution in [3.8, 4) is 5.75 Å². The lowest BCUT2D eigenvalue weighted by Gasteiger charge is -2.44. The van der Waals surface area contributed by atoms with E-state index in [4.69, 9.17) is 4.74 Å². The lowest BCUT2D eigenvalue weighted by atomic mass is 9.83. The third-order valence-electron chi connectivity index (χ3n) is 5.47. The first-order chi connectivity index (χ1) is 12.5. The fourth-order valence-electron chi connectivity index (χ4n) is 4.07. The summed E-state index contributed by atoms with van der Waals surface area (Å²) in [5.74, 6) is 0.692. The van der Waals surface area contributed by atoms with E-state index in [0.717, 1.165) is 10.2 Å². The molecule has 2 N–H and O–H groups in total. The first-order valence-corrected chi connectivity index (χ1v) is 9.67. The van der Waals surface area contributed by atoms with Crippen LogP contribution in [0.2, 0.25) is 0 Å². The van der Waals surface area contributed by atoms with Crippen LogP contribution in [0.5, 0.6) is 5.75 Å². The maximum atomic E-state index is 12.8. The highest BCUT2D eigenvalue weighted by molar-refractivity contribution is 7.16. The number of aliphatic hydroxyl groups is 1. The van der Waals surface area contributed by atoms with Gasteiger partial charge in [-0.1, -0.05) is 0 Å². The van der Waals surface area contributed by atoms with Gasteiger partial charge in [0.25, 0.3) is 5.91 Å². The predicted octanol–water partition coefficient (Wildman–Crippen LogP) is 2.45. The van der Waals surface area contributed by atoms with Crippen LogP contribution in [0.15, 0.2) is 23.7 Å². The molecular weight excluding hydrogens is 352 g/mol. The molecule has 1 saturated heterocycles. The molecule has 0 aliphatic carbocycles. The van der Waals surface area contributed by atoms with Gasteiger partial charge in [-0.3, -0.25) is 9.48 Å². The Bertz CT molecular complexity index is 951. The number of thiophene rings is 1. The quantitative estimate of drug-likeness (QED) is 0.687. The number of ether oxygens (including phenoxy) is 1. The Morgan fingerprint density at radius 2 is 2.27 bits per heavy atom. The zero-order valence-corrected chi connectivity index (χ0v) is 15.3. The highest BCUT2D eigenvalue weighted by Crippen LogP contribution is 2.43. The Morgan fingerprint density at radius 3 is 3.04 bits per heavy atom. The minimum absolute atomic E-state index is 0.0293. The third kappa shape index (κ3) is 2.44. The summed E-state index contributed by atoms with van der Waals surface area (Å²) in [4.78, 5) is 18.9. The smallest absolute Gasteiger partial charge is 0.270 e. The number of carbonyl (C=O) groups excluding carboxylic acids is 1. The molecule has 26 heavy (non-hydrogen) atoms. The zero-order chi connectivity index (χ0) is 17.9. The van der Waals surface area contributed by atoms with Gasteiger partial charge in [0.1, 0.15) is 27.9 Å². The van der Waals surface area contributed by atoms with Crippen LogP contribution in [-0.4, -0.2) is 49.4 Å². The molecule has 2 aliphatic heterocycles. The summed E-state index contributed by atoms with van der Waals surface area (Å²) in [6.45, 7) is 1.24. The van der Waals surface area contributed by atoms with Crippen LogP contribution < -0.4 is 4.74 Å². The second-order valence-corrected chi connectivity index (χ2v) is 8.15. The number of rotatable bonds is 1. The number of likely N-dealkylation sites (tertiary alicyclic amines) is 1. The van der Waals surface area contributed by atoms with E-state index >= 15 is 0 Å². The van der Waals surface area contributed by atoms with Gasteiger partial charge < -0.3 is 19.7 Å². The topological polar surface area (TPSA) is 83.4 Å². The van der Waals surface area contributed by atoms with Gasteiger partial charge >= 0.3 is 0 Å². The molecule has 7 nitrogen and oxygen atoms in total. The summed E-state index contributed by atoms with van der Waals surface area (Å²) in [5, 5.41) is 17.8. The van der Waals surface area contributed by atoms with Crippen LogP contribution >= 0.6 is 11.3 Å². The number of hydrogen-bond acceptors (Lipinski definition) is 5. The second kappa shape index (κ2) is 5.59. The number of H-pyrrole nitrogens is 1. The van der Waals surface area contributed by atoms with E-state index in [1.807, 2.05) is 35.7 Å². The van der Waals surface area contributed by atoms with E-state index in [2.05, 4.69) is 10.1 Å². The minimum atomic E-state index is -0.614. The summed E-state index contributed by atoms with van der Waals surface area (Å²) in [6, 6.07) is 3.93. The molecule has 0 radical (unpaired) electrons. The molecule has 1 spiro atoms. The molecule has 1 fully saturated rings. The fourth-order valence-corrected chi connectivity index (χ4v) is 4.86. The van der Waals surface area contributed by atoms with E-state index in [0.29, 0.717) is 49.5 Å². The SMILES string of the molecule is Cn1cc2c(n1)C(O)CC1(CCN(C(=O)c3cc4ccsc4[nH]3)CC1)O2. The summed E-state index contributed by atoms with van der Waals surface area (Å²) in [5.41, 5.74) is 0.840. The highest BCUT2D eigenvalue weighted by Gasteiger charge is 2.45. The van der Waals surface area contributed by atoms with Crippen molar-refractivity contribution in [1.29, 1.82) is 0 Å². The van der Waals surface area contributed by atoms with E-state index in [9.17, 15) is 9.90 Å². The number of carbonyl (C=O) groups is 1. The van der Waals surface area contributed by atoms with E-state index in [1.54, 1.807) is 16.0 Å². The second-order valence-electron chi connectivity index (χ2n) is 7.24. The zero-order valence-electron chi connectivity index (χ0n) is 14.4. The van der Waals surface area contributed by atoms with Crippen molar-refractivity contribution < 1.29 is 14.6 Å². The number of aliphatic hydroxyl groups excluding tert-OH is 1. The van der Waals surface area contributed by atoms with Gasteiger partial charge in [-0.15, -0.1) is 11.3 Å². The number of fused-ring (bicyclic) bond motifs is 2. The average molecular weight is 372 g/mol. The van der Waals surface area contributed by atoms with Crippen molar-refractivity contribution >= 4 is 27.5 Å². The van der Waals surface area contributed by atoms with Crippen molar-refractivity contribution in [2.75, 3.05) is 13.1 Å². The van der Waals surface area contributed by atoms with Gasteiger partial charge in [-0.2, -0.15) is 5.10 Å². The van der Waals surface area contributed by atoms with E-state index in [1.165, 1.54) is 0 Å². The number of aromatic amines is 1. The van der Waals surface area contributed by atoms with Crippen LogP contribution in [-0.2, 0) is 7.05 Å². The number of nitrogens with zero attached hydrogens (tertiary/aromatic N) is 3. The maximum Gasteiger partial charge on any atom is 0.270 e. The number of nitrogens with one attached hydrogen (secondary N) is 1. The van der Waals surface area contributed by atoms with Gasteiger partial charge in [0.05, 0.1) is 6.20 Å². The fraction of sp³-hybridized carbons (Fsp3) is 0.444. The monoisotopic (exact) mass is 372 g/mol. The molecule has 8 heteroatoms. The van der Waals surface area contributed by atoms with E-state index in [-0.39, 0.29) is 5.91 Å². The molecule has 136 valence electrons. The normalized spacial score (nSPS) is 21.8. The molecule has 1 amide bonds. The Hall–Kier alpha value is -2.32. The summed E-state index contributed by atoms with van der Waals surface area (Å²) >= 11 is 1.60. The van der Waals surface area contributed by atoms with Crippen LogP contribution in [0.4, 0.5) is 0 Å². The predicted molar refractivity (Wildman–Crippen MR) is 97.5 cm³/mol. The first-order valence-electron chi connectivity index (χ1n) is 8.79. The van der Waals surface area contributed by atoms with Gasteiger partial charge in [0.15, 0.2) is 5.75 Å². The van der Waals surface area contributed by atoms with Gasteiger partial charge in [-0.25, -0.2) is 0 Å². The Labute approximate surface area is 154 Å². The molecule has 3 aromatic rings. The molecule has 1 atom stereocenters.